The third kappa shape index (κ3) is 3.12. The number of aromatic nitrogens is 3. The van der Waals surface area contributed by atoms with Gasteiger partial charge in [0.25, 0.3) is 0 Å². The van der Waals surface area contributed by atoms with E-state index in [1.165, 1.54) is 6.26 Å². The zero-order chi connectivity index (χ0) is 13.8. The summed E-state index contributed by atoms with van der Waals surface area (Å²) >= 11 is 0. The van der Waals surface area contributed by atoms with Gasteiger partial charge in [0.2, 0.25) is 0 Å². The lowest BCUT2D eigenvalue weighted by Crippen LogP contribution is -2.04. The molecule has 0 unspecified atom stereocenters. The molecule has 2 heterocycles. The molecule has 0 fully saturated rings. The Morgan fingerprint density at radius 2 is 2.32 bits per heavy atom. The fourth-order valence-corrected chi connectivity index (χ4v) is 1.36. The van der Waals surface area contributed by atoms with E-state index in [0.29, 0.717) is 5.75 Å². The largest absolute Gasteiger partial charge is 0.461 e. The maximum Gasteiger partial charge on any atom is 0.400 e. The molecule has 0 aliphatic rings. The van der Waals surface area contributed by atoms with Crippen LogP contribution in [0.25, 0.3) is 0 Å². The fourth-order valence-electron chi connectivity index (χ4n) is 1.36. The topological polar surface area (TPSA) is 79.4 Å². The molecule has 0 saturated heterocycles. The minimum atomic E-state index is -0.543. The lowest BCUT2D eigenvalue weighted by molar-refractivity contribution is 0.0519. The minimum Gasteiger partial charge on any atom is -0.461 e. The third-order valence-electron chi connectivity index (χ3n) is 2.28. The molecule has 0 aliphatic heterocycles. The van der Waals surface area contributed by atoms with E-state index in [0.717, 1.165) is 0 Å². The Morgan fingerprint density at radius 1 is 1.53 bits per heavy atom. The summed E-state index contributed by atoms with van der Waals surface area (Å²) < 4.78 is 16.9. The first-order valence-corrected chi connectivity index (χ1v) is 5.94. The van der Waals surface area contributed by atoms with Gasteiger partial charge in [-0.1, -0.05) is 0 Å². The number of oxazole rings is 1. The van der Waals surface area contributed by atoms with E-state index >= 15 is 0 Å². The van der Waals surface area contributed by atoms with Crippen molar-refractivity contribution < 1.29 is 18.7 Å². The predicted molar refractivity (Wildman–Crippen MR) is 65.1 cm³/mol. The molecule has 2 aromatic heterocycles. The lowest BCUT2D eigenvalue weighted by atomic mass is 10.4. The molecular weight excluding hydrogens is 250 g/mol. The van der Waals surface area contributed by atoms with Crippen LogP contribution in [0.3, 0.4) is 0 Å². The summed E-state index contributed by atoms with van der Waals surface area (Å²) in [5, 5.41) is 4.11. The van der Waals surface area contributed by atoms with Crippen molar-refractivity contribution in [3.63, 3.8) is 0 Å². The first-order chi connectivity index (χ1) is 9.10. The van der Waals surface area contributed by atoms with Gasteiger partial charge in [-0.05, 0) is 20.8 Å². The van der Waals surface area contributed by atoms with E-state index in [9.17, 15) is 4.79 Å². The first kappa shape index (κ1) is 13.1. The molecule has 0 amide bonds. The fraction of sp³-hybridized carbons (Fsp3) is 0.417. The highest BCUT2D eigenvalue weighted by molar-refractivity contribution is 5.86. The van der Waals surface area contributed by atoms with Gasteiger partial charge in [0.1, 0.15) is 6.26 Å². The van der Waals surface area contributed by atoms with E-state index in [4.69, 9.17) is 13.9 Å². The molecule has 102 valence electrons. The van der Waals surface area contributed by atoms with E-state index in [2.05, 4.69) is 10.1 Å². The molecule has 2 rings (SSSR count). The molecule has 7 heteroatoms. The normalized spacial score (nSPS) is 10.7. The smallest absolute Gasteiger partial charge is 0.400 e. The van der Waals surface area contributed by atoms with Crippen LogP contribution in [0.1, 0.15) is 37.3 Å². The second kappa shape index (κ2) is 5.55. The summed E-state index contributed by atoms with van der Waals surface area (Å²) in [6, 6.07) is 0.233. The molecular formula is C12H15N3O4. The number of carbonyl (C=O) groups excluding carboxylic acids is 1. The summed E-state index contributed by atoms with van der Waals surface area (Å²) in [4.78, 5) is 15.3. The van der Waals surface area contributed by atoms with Gasteiger partial charge in [0, 0.05) is 6.04 Å². The first-order valence-electron chi connectivity index (χ1n) is 5.94. The van der Waals surface area contributed by atoms with Gasteiger partial charge in [-0.2, -0.15) is 10.1 Å². The van der Waals surface area contributed by atoms with Crippen LogP contribution in [-0.2, 0) is 4.74 Å². The van der Waals surface area contributed by atoms with E-state index < -0.39 is 5.97 Å². The number of esters is 1. The molecule has 0 radical (unpaired) electrons. The van der Waals surface area contributed by atoms with Crippen LogP contribution < -0.4 is 4.74 Å². The van der Waals surface area contributed by atoms with Crippen LogP contribution in [0.5, 0.6) is 11.8 Å². The molecule has 0 aliphatic carbocycles. The molecule has 0 atom stereocenters. The van der Waals surface area contributed by atoms with Crippen molar-refractivity contribution in [2.24, 2.45) is 0 Å². The van der Waals surface area contributed by atoms with Gasteiger partial charge in [-0.3, -0.25) is 4.68 Å². The highest BCUT2D eigenvalue weighted by atomic mass is 16.6. The van der Waals surface area contributed by atoms with Gasteiger partial charge in [-0.25, -0.2) is 4.79 Å². The SMILES string of the molecule is CCOC(=O)c1coc(Oc2cnn(C(C)C)c2)n1. The summed E-state index contributed by atoms with van der Waals surface area (Å²) in [6.07, 6.45) is 4.44. The van der Waals surface area contributed by atoms with Crippen LogP contribution in [0, 0.1) is 0 Å². The molecule has 0 saturated carbocycles. The Balaban J connectivity index is 2.04. The zero-order valence-corrected chi connectivity index (χ0v) is 11.0. The van der Waals surface area contributed by atoms with Crippen LogP contribution in [0.15, 0.2) is 23.1 Å². The van der Waals surface area contributed by atoms with Crippen LogP contribution in [0.4, 0.5) is 0 Å². The Bertz CT molecular complexity index is 559. The quantitative estimate of drug-likeness (QED) is 0.772. The van der Waals surface area contributed by atoms with E-state index in [1.807, 2.05) is 13.8 Å². The number of rotatable bonds is 5. The highest BCUT2D eigenvalue weighted by Crippen LogP contribution is 2.21. The Morgan fingerprint density at radius 3 is 2.95 bits per heavy atom. The highest BCUT2D eigenvalue weighted by Gasteiger charge is 2.15. The lowest BCUT2D eigenvalue weighted by Gasteiger charge is -2.02. The molecule has 0 spiro atoms. The third-order valence-corrected chi connectivity index (χ3v) is 2.28. The Labute approximate surface area is 110 Å². The van der Waals surface area contributed by atoms with E-state index in [-0.39, 0.29) is 24.4 Å². The Hall–Kier alpha value is -2.31. The standard InChI is InChI=1S/C12H15N3O4/c1-4-17-11(16)10-7-18-12(14-10)19-9-5-13-15(6-9)8(2)3/h5-8H,4H2,1-3H3. The second-order valence-electron chi connectivity index (χ2n) is 4.07. The molecule has 0 N–H and O–H groups in total. The maximum absolute atomic E-state index is 11.4. The summed E-state index contributed by atoms with van der Waals surface area (Å²) in [6.45, 7) is 6.00. The van der Waals surface area contributed by atoms with Crippen molar-refractivity contribution in [1.29, 1.82) is 0 Å². The van der Waals surface area contributed by atoms with Crippen LogP contribution in [-0.4, -0.2) is 27.3 Å². The van der Waals surface area contributed by atoms with Crippen LogP contribution in [0.2, 0.25) is 0 Å². The summed E-state index contributed by atoms with van der Waals surface area (Å²) in [7, 11) is 0. The van der Waals surface area contributed by atoms with E-state index in [1.54, 1.807) is 24.0 Å². The molecule has 19 heavy (non-hydrogen) atoms. The summed E-state index contributed by atoms with van der Waals surface area (Å²) in [5.74, 6) is -0.0510. The summed E-state index contributed by atoms with van der Waals surface area (Å²) in [5.41, 5.74) is 0.0769. The number of hydrogen-bond donors (Lipinski definition) is 0. The van der Waals surface area contributed by atoms with Crippen molar-refractivity contribution in [2.75, 3.05) is 6.61 Å². The van der Waals surface area contributed by atoms with Gasteiger partial charge in [0.05, 0.1) is 19.0 Å². The minimum absolute atomic E-state index is 0.0219. The second-order valence-corrected chi connectivity index (χ2v) is 4.07. The number of hydrogen-bond acceptors (Lipinski definition) is 6. The van der Waals surface area contributed by atoms with Crippen molar-refractivity contribution in [2.45, 2.75) is 26.8 Å². The zero-order valence-electron chi connectivity index (χ0n) is 11.0. The van der Waals surface area contributed by atoms with Gasteiger partial charge in [0.15, 0.2) is 11.4 Å². The van der Waals surface area contributed by atoms with Crippen molar-refractivity contribution in [3.05, 3.63) is 24.4 Å². The van der Waals surface area contributed by atoms with Crippen molar-refractivity contribution in [1.82, 2.24) is 14.8 Å². The van der Waals surface area contributed by atoms with Gasteiger partial charge < -0.3 is 13.9 Å². The molecule has 2 aromatic rings. The average molecular weight is 265 g/mol. The Kier molecular flexibility index (Phi) is 3.84. The van der Waals surface area contributed by atoms with Crippen molar-refractivity contribution in [3.8, 4) is 11.8 Å². The van der Waals surface area contributed by atoms with Gasteiger partial charge in [-0.15, -0.1) is 0 Å². The average Bonchev–Trinajstić information content (AvgIpc) is 2.99. The number of ether oxygens (including phenoxy) is 2. The van der Waals surface area contributed by atoms with Crippen molar-refractivity contribution >= 4 is 5.97 Å². The predicted octanol–water partition coefficient (Wildman–Crippen LogP) is 2.42. The van der Waals surface area contributed by atoms with Gasteiger partial charge >= 0.3 is 12.0 Å². The van der Waals surface area contributed by atoms with Crippen LogP contribution >= 0.6 is 0 Å². The molecule has 0 aromatic carbocycles. The molecule has 0 bridgehead atoms. The maximum atomic E-state index is 11.4. The number of carbonyl (C=O) groups is 1. The number of nitrogens with zero attached hydrogens (tertiary/aromatic N) is 3. The molecule has 7 nitrogen and oxygen atoms in total. The monoisotopic (exact) mass is 265 g/mol.